The molecule has 3 aromatic rings. The summed E-state index contributed by atoms with van der Waals surface area (Å²) < 4.78 is 6.31. The van der Waals surface area contributed by atoms with E-state index in [2.05, 4.69) is 52.6 Å². The molecule has 2 aromatic carbocycles. The summed E-state index contributed by atoms with van der Waals surface area (Å²) in [6.45, 7) is 4.23. The third-order valence-corrected chi connectivity index (χ3v) is 5.59. The number of aromatic nitrogens is 3. The van der Waals surface area contributed by atoms with Gasteiger partial charge in [-0.2, -0.15) is 4.98 Å². The molecule has 0 amide bonds. The first kappa shape index (κ1) is 19.5. The highest BCUT2D eigenvalue weighted by Gasteiger charge is 2.25. The zero-order valence-electron chi connectivity index (χ0n) is 16.6. The van der Waals surface area contributed by atoms with Crippen molar-refractivity contribution in [1.82, 2.24) is 15.2 Å². The number of para-hydroxylation sites is 1. The number of benzene rings is 2. The fourth-order valence-corrected chi connectivity index (χ4v) is 3.97. The van der Waals surface area contributed by atoms with Crippen molar-refractivity contribution in [3.63, 3.8) is 0 Å². The second-order valence-electron chi connectivity index (χ2n) is 6.94. The van der Waals surface area contributed by atoms with Gasteiger partial charge in [-0.3, -0.25) is 0 Å². The number of hydrogen-bond donors (Lipinski definition) is 1. The first-order valence-electron chi connectivity index (χ1n) is 9.88. The van der Waals surface area contributed by atoms with Crippen molar-refractivity contribution in [1.29, 1.82) is 0 Å². The summed E-state index contributed by atoms with van der Waals surface area (Å²) in [5.74, 6) is 1.49. The molecule has 148 valence electrons. The molecule has 1 aromatic heterocycles. The highest BCUT2D eigenvalue weighted by atomic mass is 32.2. The molecule has 0 bridgehead atoms. The van der Waals surface area contributed by atoms with Gasteiger partial charge in [0.05, 0.1) is 0 Å². The summed E-state index contributed by atoms with van der Waals surface area (Å²) in [4.78, 5) is 4.68. The van der Waals surface area contributed by atoms with Crippen LogP contribution in [0.4, 0.5) is 5.69 Å². The number of anilines is 1. The molecule has 1 aliphatic heterocycles. The van der Waals surface area contributed by atoms with Gasteiger partial charge in [-0.05, 0) is 30.5 Å². The Bertz CT molecular complexity index is 1010. The Hall–Kier alpha value is -2.86. The van der Waals surface area contributed by atoms with Gasteiger partial charge in [0, 0.05) is 17.0 Å². The van der Waals surface area contributed by atoms with Crippen LogP contribution in [0, 0.1) is 0 Å². The van der Waals surface area contributed by atoms with Crippen molar-refractivity contribution in [3.8, 4) is 17.1 Å². The molecule has 29 heavy (non-hydrogen) atoms. The van der Waals surface area contributed by atoms with Crippen LogP contribution in [0.3, 0.4) is 0 Å². The number of ether oxygens (including phenoxy) is 1. The van der Waals surface area contributed by atoms with Crippen LogP contribution in [0.1, 0.15) is 32.3 Å². The molecule has 6 heteroatoms. The van der Waals surface area contributed by atoms with Gasteiger partial charge >= 0.3 is 0 Å². The summed E-state index contributed by atoms with van der Waals surface area (Å²) in [7, 11) is 0. The van der Waals surface area contributed by atoms with Crippen LogP contribution in [-0.2, 0) is 0 Å². The number of unbranched alkanes of at least 4 members (excludes halogenated alkanes) is 1. The summed E-state index contributed by atoms with van der Waals surface area (Å²) in [6.07, 6.45) is 4.04. The van der Waals surface area contributed by atoms with Gasteiger partial charge in [-0.1, -0.05) is 79.7 Å². The molecule has 1 N–H and O–H groups in total. The lowest BCUT2D eigenvalue weighted by atomic mass is 10.1. The molecule has 5 nitrogen and oxygen atoms in total. The largest absolute Gasteiger partial charge is 0.448 e. The van der Waals surface area contributed by atoms with E-state index in [-0.39, 0.29) is 6.23 Å². The minimum Gasteiger partial charge on any atom is -0.448 e. The second kappa shape index (κ2) is 9.09. The molecular weight excluding hydrogens is 380 g/mol. The Morgan fingerprint density at radius 1 is 1.10 bits per heavy atom. The predicted molar refractivity (Wildman–Crippen MR) is 119 cm³/mol. The van der Waals surface area contributed by atoms with Gasteiger partial charge in [-0.25, -0.2) is 0 Å². The lowest BCUT2D eigenvalue weighted by Gasteiger charge is -2.20. The zero-order valence-corrected chi connectivity index (χ0v) is 17.4. The smallest absolute Gasteiger partial charge is 0.247 e. The monoisotopic (exact) mass is 404 g/mol. The molecular formula is C23H24N4OS. The Balaban J connectivity index is 1.69. The van der Waals surface area contributed by atoms with Crippen molar-refractivity contribution < 1.29 is 4.74 Å². The minimum atomic E-state index is -0.345. The van der Waals surface area contributed by atoms with Crippen molar-refractivity contribution in [3.05, 3.63) is 65.7 Å². The maximum atomic E-state index is 6.31. The molecule has 0 aliphatic carbocycles. The Labute approximate surface area is 175 Å². The Morgan fingerprint density at radius 3 is 2.72 bits per heavy atom. The van der Waals surface area contributed by atoms with Crippen molar-refractivity contribution in [2.75, 3.05) is 11.1 Å². The Morgan fingerprint density at radius 2 is 1.90 bits per heavy atom. The molecule has 1 atom stereocenters. The predicted octanol–water partition coefficient (Wildman–Crippen LogP) is 5.66. The highest BCUT2D eigenvalue weighted by Crippen LogP contribution is 2.37. The van der Waals surface area contributed by atoms with E-state index in [0.29, 0.717) is 16.7 Å². The molecule has 0 fully saturated rings. The average molecular weight is 405 g/mol. The Kier molecular flexibility index (Phi) is 6.10. The fraction of sp³-hybridized carbons (Fsp3) is 0.261. The van der Waals surface area contributed by atoms with Gasteiger partial charge in [0.2, 0.25) is 11.0 Å². The maximum Gasteiger partial charge on any atom is 0.247 e. The molecule has 4 rings (SSSR count). The van der Waals surface area contributed by atoms with Crippen LogP contribution in [-0.4, -0.2) is 27.2 Å². The topological polar surface area (TPSA) is 59.9 Å². The summed E-state index contributed by atoms with van der Waals surface area (Å²) in [6, 6.07) is 18.3. The summed E-state index contributed by atoms with van der Waals surface area (Å²) in [5.41, 5.74) is 4.76. The summed E-state index contributed by atoms with van der Waals surface area (Å²) >= 11 is 1.62. The van der Waals surface area contributed by atoms with Gasteiger partial charge in [0.15, 0.2) is 11.9 Å². The van der Waals surface area contributed by atoms with Gasteiger partial charge in [0.25, 0.3) is 0 Å². The van der Waals surface area contributed by atoms with E-state index in [1.54, 1.807) is 11.8 Å². The van der Waals surface area contributed by atoms with E-state index >= 15 is 0 Å². The summed E-state index contributed by atoms with van der Waals surface area (Å²) in [5, 5.41) is 12.9. The van der Waals surface area contributed by atoms with Gasteiger partial charge in [0.1, 0.15) is 0 Å². The van der Waals surface area contributed by atoms with E-state index in [1.165, 1.54) is 0 Å². The standard InChI is InChI=1S/C23H24N4OS/c1-3-4-14-29-23-25-22-20(26-27-23)18-12-8-9-13-19(18)24-21(28-22)16(2)15-17-10-6-5-7-11-17/h5-13,15,21,24H,3-4,14H2,1-2H3/b16-15+. The van der Waals surface area contributed by atoms with E-state index < -0.39 is 0 Å². The number of thioether (sulfide) groups is 1. The molecule has 0 saturated carbocycles. The van der Waals surface area contributed by atoms with E-state index in [1.807, 2.05) is 42.5 Å². The first-order valence-corrected chi connectivity index (χ1v) is 10.9. The van der Waals surface area contributed by atoms with E-state index in [0.717, 1.165) is 41.0 Å². The van der Waals surface area contributed by atoms with E-state index in [4.69, 9.17) is 4.74 Å². The van der Waals surface area contributed by atoms with Gasteiger partial charge in [-0.15, -0.1) is 10.2 Å². The lowest BCUT2D eigenvalue weighted by molar-refractivity contribution is 0.255. The van der Waals surface area contributed by atoms with Crippen LogP contribution in [0.15, 0.2) is 65.3 Å². The normalized spacial score (nSPS) is 15.5. The number of nitrogens with zero attached hydrogens (tertiary/aromatic N) is 3. The number of rotatable bonds is 6. The number of fused-ring (bicyclic) bond motifs is 3. The molecule has 0 saturated heterocycles. The van der Waals surface area contributed by atoms with Crippen LogP contribution in [0.25, 0.3) is 17.3 Å². The van der Waals surface area contributed by atoms with Crippen LogP contribution >= 0.6 is 11.8 Å². The maximum absolute atomic E-state index is 6.31. The van der Waals surface area contributed by atoms with E-state index in [9.17, 15) is 0 Å². The third-order valence-electron chi connectivity index (χ3n) is 4.67. The van der Waals surface area contributed by atoms with Crippen LogP contribution in [0.5, 0.6) is 5.88 Å². The molecule has 1 unspecified atom stereocenters. The SMILES string of the molecule is CCCCSc1nnc2c(n1)OC(/C(C)=C/c1ccccc1)Nc1ccccc1-2. The average Bonchev–Trinajstić information content (AvgIpc) is 2.91. The van der Waals surface area contributed by atoms with Crippen molar-refractivity contribution in [2.45, 2.75) is 38.1 Å². The van der Waals surface area contributed by atoms with Crippen LogP contribution in [0.2, 0.25) is 0 Å². The quantitative estimate of drug-likeness (QED) is 0.422. The van der Waals surface area contributed by atoms with Crippen molar-refractivity contribution >= 4 is 23.5 Å². The van der Waals surface area contributed by atoms with Gasteiger partial charge < -0.3 is 10.1 Å². The highest BCUT2D eigenvalue weighted by molar-refractivity contribution is 7.99. The minimum absolute atomic E-state index is 0.345. The third kappa shape index (κ3) is 4.59. The second-order valence-corrected chi connectivity index (χ2v) is 8.00. The first-order chi connectivity index (χ1) is 14.2. The van der Waals surface area contributed by atoms with Crippen molar-refractivity contribution in [2.24, 2.45) is 0 Å². The fourth-order valence-electron chi connectivity index (χ4n) is 3.11. The number of hydrogen-bond acceptors (Lipinski definition) is 6. The lowest BCUT2D eigenvalue weighted by Crippen LogP contribution is -2.27. The van der Waals surface area contributed by atoms with Crippen LogP contribution < -0.4 is 10.1 Å². The zero-order chi connectivity index (χ0) is 20.1. The molecule has 0 spiro atoms. The number of nitrogens with one attached hydrogen (secondary N) is 1. The molecule has 0 radical (unpaired) electrons. The molecule has 2 heterocycles. The molecule has 1 aliphatic rings.